The molecule has 1 saturated heterocycles. The van der Waals surface area contributed by atoms with Gasteiger partial charge in [-0.25, -0.2) is 4.39 Å². The lowest BCUT2D eigenvalue weighted by Crippen LogP contribution is -2.20. The Morgan fingerprint density at radius 1 is 1.21 bits per heavy atom. The monoisotopic (exact) mass is 193 g/mol. The summed E-state index contributed by atoms with van der Waals surface area (Å²) in [7, 11) is 0. The predicted octanol–water partition coefficient (Wildman–Crippen LogP) is 3.03. The molecule has 0 spiro atoms. The van der Waals surface area contributed by atoms with Crippen molar-refractivity contribution < 1.29 is 4.39 Å². The van der Waals surface area contributed by atoms with Crippen LogP contribution in [0.5, 0.6) is 0 Å². The van der Waals surface area contributed by atoms with Gasteiger partial charge in [0.1, 0.15) is 5.82 Å². The summed E-state index contributed by atoms with van der Waals surface area (Å²) in [6, 6.07) is 7.29. The zero-order valence-corrected chi connectivity index (χ0v) is 8.30. The average Bonchev–Trinajstić information content (AvgIpc) is 2.45. The topological polar surface area (TPSA) is 12.0 Å². The van der Waals surface area contributed by atoms with Gasteiger partial charge in [0, 0.05) is 6.04 Å². The van der Waals surface area contributed by atoms with Crippen LogP contribution in [-0.2, 0) is 0 Å². The molecule has 1 aromatic carbocycles. The molecule has 1 atom stereocenters. The van der Waals surface area contributed by atoms with Crippen LogP contribution in [0.25, 0.3) is 0 Å². The van der Waals surface area contributed by atoms with Gasteiger partial charge in [-0.2, -0.15) is 0 Å². The van der Waals surface area contributed by atoms with Crippen LogP contribution in [0.2, 0.25) is 0 Å². The van der Waals surface area contributed by atoms with Crippen molar-refractivity contribution in [3.63, 3.8) is 0 Å². The van der Waals surface area contributed by atoms with E-state index in [1.165, 1.54) is 25.3 Å². The number of halogens is 1. The zero-order chi connectivity index (χ0) is 9.80. The van der Waals surface area contributed by atoms with Gasteiger partial charge in [0.05, 0.1) is 0 Å². The smallest absolute Gasteiger partial charge is 0.123 e. The molecule has 0 saturated carbocycles. The number of benzene rings is 1. The van der Waals surface area contributed by atoms with Crippen molar-refractivity contribution in [2.75, 3.05) is 6.54 Å². The fourth-order valence-electron chi connectivity index (χ4n) is 2.04. The van der Waals surface area contributed by atoms with Gasteiger partial charge in [-0.3, -0.25) is 0 Å². The maximum atomic E-state index is 13.0. The third-order valence-electron chi connectivity index (χ3n) is 2.81. The highest BCUT2D eigenvalue weighted by Crippen LogP contribution is 2.22. The summed E-state index contributed by atoms with van der Waals surface area (Å²) in [5.41, 5.74) is 1.09. The average molecular weight is 193 g/mol. The lowest BCUT2D eigenvalue weighted by molar-refractivity contribution is 0.529. The first-order valence-corrected chi connectivity index (χ1v) is 5.35. The first-order chi connectivity index (χ1) is 6.86. The van der Waals surface area contributed by atoms with Crippen molar-refractivity contribution in [2.45, 2.75) is 31.7 Å². The number of hydrogen-bond acceptors (Lipinski definition) is 1. The molecule has 1 N–H and O–H groups in total. The number of rotatable bonds is 1. The summed E-state index contributed by atoms with van der Waals surface area (Å²) in [6.45, 7) is 1.06. The second kappa shape index (κ2) is 4.56. The normalized spacial score (nSPS) is 23.1. The van der Waals surface area contributed by atoms with Gasteiger partial charge in [-0.1, -0.05) is 25.0 Å². The Bertz CT molecular complexity index is 290. The molecule has 1 aliphatic rings. The summed E-state index contributed by atoms with van der Waals surface area (Å²) in [4.78, 5) is 0. The van der Waals surface area contributed by atoms with E-state index in [1.807, 2.05) is 6.07 Å². The van der Waals surface area contributed by atoms with Gasteiger partial charge >= 0.3 is 0 Å². The second-order valence-electron chi connectivity index (χ2n) is 3.91. The molecule has 1 aromatic rings. The lowest BCUT2D eigenvalue weighted by Gasteiger charge is -2.15. The SMILES string of the molecule is Fc1cccc([C@H]2CCCCCN2)c1. The largest absolute Gasteiger partial charge is 0.310 e. The molecule has 2 heteroatoms. The maximum Gasteiger partial charge on any atom is 0.123 e. The van der Waals surface area contributed by atoms with E-state index in [4.69, 9.17) is 0 Å². The fourth-order valence-corrected chi connectivity index (χ4v) is 2.04. The van der Waals surface area contributed by atoms with E-state index in [1.54, 1.807) is 12.1 Å². The van der Waals surface area contributed by atoms with E-state index >= 15 is 0 Å². The molecule has 0 aliphatic carbocycles. The first kappa shape index (κ1) is 9.66. The lowest BCUT2D eigenvalue weighted by atomic mass is 10.0. The molecule has 14 heavy (non-hydrogen) atoms. The Balaban J connectivity index is 2.12. The summed E-state index contributed by atoms with van der Waals surface area (Å²) < 4.78 is 13.0. The van der Waals surface area contributed by atoms with Crippen LogP contribution in [0.4, 0.5) is 4.39 Å². The van der Waals surface area contributed by atoms with Crippen molar-refractivity contribution >= 4 is 0 Å². The van der Waals surface area contributed by atoms with Crippen LogP contribution >= 0.6 is 0 Å². The molecule has 0 amide bonds. The molecule has 76 valence electrons. The zero-order valence-electron chi connectivity index (χ0n) is 8.30. The minimum atomic E-state index is -0.131. The van der Waals surface area contributed by atoms with Gasteiger partial charge in [0.2, 0.25) is 0 Å². The van der Waals surface area contributed by atoms with Crippen LogP contribution in [0.15, 0.2) is 24.3 Å². The van der Waals surface area contributed by atoms with Crippen LogP contribution in [0.1, 0.15) is 37.3 Å². The van der Waals surface area contributed by atoms with Gasteiger partial charge in [-0.15, -0.1) is 0 Å². The van der Waals surface area contributed by atoms with Crippen LogP contribution in [-0.4, -0.2) is 6.54 Å². The molecule has 1 fully saturated rings. The van der Waals surface area contributed by atoms with E-state index in [0.29, 0.717) is 6.04 Å². The third-order valence-corrected chi connectivity index (χ3v) is 2.81. The summed E-state index contributed by atoms with van der Waals surface area (Å²) in [5.74, 6) is -0.131. The highest BCUT2D eigenvalue weighted by molar-refractivity contribution is 5.20. The quantitative estimate of drug-likeness (QED) is 0.723. The van der Waals surface area contributed by atoms with Crippen molar-refractivity contribution in [3.8, 4) is 0 Å². The maximum absolute atomic E-state index is 13.0. The van der Waals surface area contributed by atoms with E-state index in [9.17, 15) is 4.39 Å². The van der Waals surface area contributed by atoms with Crippen LogP contribution < -0.4 is 5.32 Å². The fraction of sp³-hybridized carbons (Fsp3) is 0.500. The molecule has 1 aliphatic heterocycles. The van der Waals surface area contributed by atoms with Crippen LogP contribution in [0, 0.1) is 5.82 Å². The molecule has 0 aromatic heterocycles. The molecule has 0 radical (unpaired) electrons. The van der Waals surface area contributed by atoms with Crippen molar-refractivity contribution in [2.24, 2.45) is 0 Å². The van der Waals surface area contributed by atoms with Crippen molar-refractivity contribution in [1.29, 1.82) is 0 Å². The van der Waals surface area contributed by atoms with E-state index < -0.39 is 0 Å². The Hall–Kier alpha value is -0.890. The van der Waals surface area contributed by atoms with Gasteiger partial charge < -0.3 is 5.32 Å². The second-order valence-corrected chi connectivity index (χ2v) is 3.91. The van der Waals surface area contributed by atoms with Gasteiger partial charge in [0.15, 0.2) is 0 Å². The Morgan fingerprint density at radius 2 is 2.14 bits per heavy atom. The molecular formula is C12H16FN. The summed E-state index contributed by atoms with van der Waals surface area (Å²) in [6.07, 6.45) is 4.91. The van der Waals surface area contributed by atoms with E-state index in [2.05, 4.69) is 5.32 Å². The molecule has 1 nitrogen and oxygen atoms in total. The minimum Gasteiger partial charge on any atom is -0.310 e. The highest BCUT2D eigenvalue weighted by atomic mass is 19.1. The molecular weight excluding hydrogens is 177 g/mol. The summed E-state index contributed by atoms with van der Waals surface area (Å²) >= 11 is 0. The van der Waals surface area contributed by atoms with Crippen molar-refractivity contribution in [3.05, 3.63) is 35.6 Å². The third kappa shape index (κ3) is 2.32. The minimum absolute atomic E-state index is 0.131. The molecule has 0 unspecified atom stereocenters. The Labute approximate surface area is 84.3 Å². The molecule has 2 rings (SSSR count). The summed E-state index contributed by atoms with van der Waals surface area (Å²) in [5, 5.41) is 3.46. The van der Waals surface area contributed by atoms with Gasteiger partial charge in [-0.05, 0) is 37.1 Å². The first-order valence-electron chi connectivity index (χ1n) is 5.35. The van der Waals surface area contributed by atoms with Crippen LogP contribution in [0.3, 0.4) is 0 Å². The highest BCUT2D eigenvalue weighted by Gasteiger charge is 2.13. The molecule has 1 heterocycles. The molecule has 0 bridgehead atoms. The standard InChI is InChI=1S/C12H16FN/c13-11-6-4-5-10(9-11)12-7-2-1-3-8-14-12/h4-6,9,12,14H,1-3,7-8H2/t12-/m1/s1. The van der Waals surface area contributed by atoms with Gasteiger partial charge in [0.25, 0.3) is 0 Å². The van der Waals surface area contributed by atoms with E-state index in [0.717, 1.165) is 18.5 Å². The number of hydrogen-bond donors (Lipinski definition) is 1. The van der Waals surface area contributed by atoms with E-state index in [-0.39, 0.29) is 5.82 Å². The number of nitrogens with one attached hydrogen (secondary N) is 1. The Morgan fingerprint density at radius 3 is 3.00 bits per heavy atom. The predicted molar refractivity (Wildman–Crippen MR) is 55.6 cm³/mol. The Kier molecular flexibility index (Phi) is 3.14. The van der Waals surface area contributed by atoms with Crippen molar-refractivity contribution in [1.82, 2.24) is 5.32 Å².